The average Bonchev–Trinajstić information content (AvgIpc) is 3.28. The molecule has 2 aromatic heterocycles. The molecule has 0 amide bonds. The van der Waals surface area contributed by atoms with Crippen molar-refractivity contribution in [3.8, 4) is 11.6 Å². The van der Waals surface area contributed by atoms with Crippen LogP contribution in [0.5, 0.6) is 5.95 Å². The normalized spacial score (nSPS) is 14.7. The highest BCUT2D eigenvalue weighted by atomic mass is 16.5. The van der Waals surface area contributed by atoms with Gasteiger partial charge in [-0.15, -0.1) is 0 Å². The molecule has 0 radical (unpaired) electrons. The van der Waals surface area contributed by atoms with Gasteiger partial charge in [0.2, 0.25) is 0 Å². The number of aromatic nitrogens is 1. The summed E-state index contributed by atoms with van der Waals surface area (Å²) in [6.07, 6.45) is 3.42. The summed E-state index contributed by atoms with van der Waals surface area (Å²) in [7, 11) is 0. The summed E-state index contributed by atoms with van der Waals surface area (Å²) >= 11 is 0. The van der Waals surface area contributed by atoms with Crippen molar-refractivity contribution in [2.75, 3.05) is 0 Å². The number of hydrogen-bond acceptors (Lipinski definition) is 2. The van der Waals surface area contributed by atoms with Gasteiger partial charge in [0, 0.05) is 22.0 Å². The Bertz CT molecular complexity index is 1620. The third kappa shape index (κ3) is 2.23. The number of benzene rings is 4. The second-order valence-electron chi connectivity index (χ2n) is 8.64. The van der Waals surface area contributed by atoms with E-state index in [0.717, 1.165) is 40.6 Å². The topological polar surface area (TPSA) is 38.3 Å². The van der Waals surface area contributed by atoms with Crippen LogP contribution in [0.1, 0.15) is 30.7 Å². The molecule has 3 heteroatoms. The van der Waals surface area contributed by atoms with Crippen LogP contribution < -0.4 is 0 Å². The fourth-order valence-electron chi connectivity index (χ4n) is 5.39. The van der Waals surface area contributed by atoms with Crippen LogP contribution in [0.2, 0.25) is 0 Å². The number of rotatable bonds is 2. The van der Waals surface area contributed by atoms with Crippen molar-refractivity contribution < 1.29 is 9.52 Å². The van der Waals surface area contributed by atoms with Crippen LogP contribution >= 0.6 is 0 Å². The SMILES string of the molecule is Oc1oc2ccc3c4c5ccccc5ccc4n(-c4ccccc4)c3c2c1C1CCC1. The highest BCUT2D eigenvalue weighted by molar-refractivity contribution is 6.26. The van der Waals surface area contributed by atoms with Gasteiger partial charge in [0.05, 0.1) is 16.4 Å². The molecule has 1 saturated carbocycles. The zero-order valence-corrected chi connectivity index (χ0v) is 17.0. The molecule has 150 valence electrons. The van der Waals surface area contributed by atoms with Gasteiger partial charge in [0.1, 0.15) is 5.58 Å². The molecule has 31 heavy (non-hydrogen) atoms. The molecule has 0 saturated heterocycles. The highest BCUT2D eigenvalue weighted by Gasteiger charge is 2.30. The number of para-hydroxylation sites is 1. The Morgan fingerprint density at radius 3 is 2.39 bits per heavy atom. The lowest BCUT2D eigenvalue weighted by Crippen LogP contribution is -2.08. The van der Waals surface area contributed by atoms with E-state index in [1.807, 2.05) is 12.1 Å². The van der Waals surface area contributed by atoms with Crippen LogP contribution in [0.3, 0.4) is 0 Å². The van der Waals surface area contributed by atoms with E-state index in [1.165, 1.54) is 33.5 Å². The summed E-state index contributed by atoms with van der Waals surface area (Å²) < 4.78 is 8.22. The molecule has 0 bridgehead atoms. The lowest BCUT2D eigenvalue weighted by Gasteiger charge is -2.24. The summed E-state index contributed by atoms with van der Waals surface area (Å²) in [5.74, 6) is 0.452. The minimum atomic E-state index is 0.0851. The summed E-state index contributed by atoms with van der Waals surface area (Å²) in [5.41, 5.74) is 5.16. The molecule has 2 heterocycles. The molecule has 0 aliphatic heterocycles. The molecular weight excluding hydrogens is 382 g/mol. The van der Waals surface area contributed by atoms with Gasteiger partial charge in [0.15, 0.2) is 0 Å². The maximum Gasteiger partial charge on any atom is 0.286 e. The summed E-state index contributed by atoms with van der Waals surface area (Å²) in [6, 6.07) is 27.7. The van der Waals surface area contributed by atoms with E-state index in [0.29, 0.717) is 5.92 Å². The molecular formula is C28H21NO2. The highest BCUT2D eigenvalue weighted by Crippen LogP contribution is 2.49. The van der Waals surface area contributed by atoms with Crippen molar-refractivity contribution in [2.45, 2.75) is 25.2 Å². The Balaban J connectivity index is 1.77. The molecule has 0 unspecified atom stereocenters. The lowest BCUT2D eigenvalue weighted by atomic mass is 9.79. The van der Waals surface area contributed by atoms with Gasteiger partial charge in [-0.25, -0.2) is 0 Å². The zero-order valence-electron chi connectivity index (χ0n) is 17.0. The zero-order chi connectivity index (χ0) is 20.5. The second kappa shape index (κ2) is 6.14. The van der Waals surface area contributed by atoms with Gasteiger partial charge in [0.25, 0.3) is 5.95 Å². The molecule has 4 aromatic carbocycles. The molecule has 7 rings (SSSR count). The molecule has 1 aliphatic carbocycles. The van der Waals surface area contributed by atoms with E-state index in [-0.39, 0.29) is 5.95 Å². The van der Waals surface area contributed by atoms with E-state index >= 15 is 0 Å². The Morgan fingerprint density at radius 1 is 0.774 bits per heavy atom. The molecule has 0 spiro atoms. The third-order valence-corrected chi connectivity index (χ3v) is 7.01. The molecule has 1 aliphatic rings. The van der Waals surface area contributed by atoms with Crippen molar-refractivity contribution in [3.05, 3.63) is 84.4 Å². The number of nitrogens with zero attached hydrogens (tertiary/aromatic N) is 1. The fraction of sp³-hybridized carbons (Fsp3) is 0.143. The Hall–Kier alpha value is -3.72. The molecule has 3 nitrogen and oxygen atoms in total. The Morgan fingerprint density at radius 2 is 1.58 bits per heavy atom. The Kier molecular flexibility index (Phi) is 3.37. The van der Waals surface area contributed by atoms with Gasteiger partial charge < -0.3 is 14.1 Å². The van der Waals surface area contributed by atoms with Gasteiger partial charge in [-0.3, -0.25) is 0 Å². The fourth-order valence-corrected chi connectivity index (χ4v) is 5.39. The Labute approximate surface area is 179 Å². The van der Waals surface area contributed by atoms with Crippen molar-refractivity contribution in [1.29, 1.82) is 0 Å². The van der Waals surface area contributed by atoms with Gasteiger partial charge in [-0.1, -0.05) is 55.0 Å². The minimum Gasteiger partial charge on any atom is -0.480 e. The van der Waals surface area contributed by atoms with Gasteiger partial charge >= 0.3 is 0 Å². The van der Waals surface area contributed by atoms with Gasteiger partial charge in [-0.05, 0) is 59.9 Å². The number of furan rings is 1. The third-order valence-electron chi connectivity index (χ3n) is 7.01. The van der Waals surface area contributed by atoms with E-state index in [9.17, 15) is 5.11 Å². The standard InChI is InChI=1S/C28H21NO2/c30-28-24(18-8-6-9-18)26-23(31-28)16-14-21-25-20-12-5-4-7-17(20)13-15-22(25)29(27(21)26)19-10-2-1-3-11-19/h1-5,7,10-16,18,30H,6,8-9H2. The first-order valence-corrected chi connectivity index (χ1v) is 11.0. The number of aromatic hydroxyl groups is 1. The first kappa shape index (κ1) is 17.0. The smallest absolute Gasteiger partial charge is 0.286 e. The summed E-state index contributed by atoms with van der Waals surface area (Å²) in [5, 5.41) is 16.7. The maximum atomic E-state index is 10.8. The first-order chi connectivity index (χ1) is 15.3. The summed E-state index contributed by atoms with van der Waals surface area (Å²) in [6.45, 7) is 0. The van der Waals surface area contributed by atoms with Crippen molar-refractivity contribution in [1.82, 2.24) is 4.57 Å². The first-order valence-electron chi connectivity index (χ1n) is 11.0. The van der Waals surface area contributed by atoms with E-state index in [2.05, 4.69) is 71.3 Å². The monoisotopic (exact) mass is 403 g/mol. The molecule has 6 aromatic rings. The molecule has 1 N–H and O–H groups in total. The predicted molar refractivity (Wildman–Crippen MR) is 126 cm³/mol. The lowest BCUT2D eigenvalue weighted by molar-refractivity contribution is 0.323. The van der Waals surface area contributed by atoms with Crippen LogP contribution in [-0.4, -0.2) is 9.67 Å². The maximum absolute atomic E-state index is 10.8. The van der Waals surface area contributed by atoms with E-state index in [1.54, 1.807) is 0 Å². The van der Waals surface area contributed by atoms with Crippen LogP contribution in [0.15, 0.2) is 83.3 Å². The average molecular weight is 403 g/mol. The van der Waals surface area contributed by atoms with Crippen LogP contribution in [0, 0.1) is 0 Å². The van der Waals surface area contributed by atoms with Crippen molar-refractivity contribution in [2.24, 2.45) is 0 Å². The van der Waals surface area contributed by atoms with E-state index < -0.39 is 0 Å². The van der Waals surface area contributed by atoms with Gasteiger partial charge in [-0.2, -0.15) is 0 Å². The largest absolute Gasteiger partial charge is 0.480 e. The predicted octanol–water partition coefficient (Wildman–Crippen LogP) is 7.66. The molecule has 0 atom stereocenters. The molecule has 1 fully saturated rings. The second-order valence-corrected chi connectivity index (χ2v) is 8.64. The van der Waals surface area contributed by atoms with Crippen molar-refractivity contribution >= 4 is 43.5 Å². The van der Waals surface area contributed by atoms with Crippen LogP contribution in [-0.2, 0) is 0 Å². The number of hydrogen-bond donors (Lipinski definition) is 1. The quantitative estimate of drug-likeness (QED) is 0.322. The van der Waals surface area contributed by atoms with E-state index in [4.69, 9.17) is 4.42 Å². The summed E-state index contributed by atoms with van der Waals surface area (Å²) in [4.78, 5) is 0. The minimum absolute atomic E-state index is 0.0851. The van der Waals surface area contributed by atoms with Crippen molar-refractivity contribution in [3.63, 3.8) is 0 Å². The van der Waals surface area contributed by atoms with Crippen LogP contribution in [0.4, 0.5) is 0 Å². The van der Waals surface area contributed by atoms with Crippen LogP contribution in [0.25, 0.3) is 49.2 Å². The number of fused-ring (bicyclic) bond motifs is 7.